The van der Waals surface area contributed by atoms with Crippen LogP contribution < -0.4 is 0 Å². The largest absolute Gasteiger partial charge is 0.361 e. The van der Waals surface area contributed by atoms with Crippen LogP contribution in [-0.4, -0.2) is 16.7 Å². The van der Waals surface area contributed by atoms with E-state index in [1.807, 2.05) is 0 Å². The first-order chi connectivity index (χ1) is 4.75. The van der Waals surface area contributed by atoms with Gasteiger partial charge in [0.05, 0.1) is 0 Å². The van der Waals surface area contributed by atoms with E-state index in [0.29, 0.717) is 4.48 Å². The number of hydrogen-bond donors (Lipinski definition) is 0. The van der Waals surface area contributed by atoms with E-state index in [-0.39, 0.29) is 5.71 Å². The lowest BCUT2D eigenvalue weighted by Crippen LogP contribution is -2.16. The fourth-order valence-corrected chi connectivity index (χ4v) is 1.02. The Kier molecular flexibility index (Phi) is 2.14. The Balaban J connectivity index is 3.00. The molecule has 1 rings (SSSR count). The minimum Gasteiger partial charge on any atom is -0.361 e. The summed E-state index contributed by atoms with van der Waals surface area (Å²) in [4.78, 5) is 2.76. The average molecular weight is 203 g/mol. The molecule has 0 amide bonds. The zero-order valence-corrected chi connectivity index (χ0v) is 6.55. The van der Waals surface area contributed by atoms with Gasteiger partial charge in [-0.25, -0.2) is 4.39 Å². The second kappa shape index (κ2) is 2.90. The lowest BCUT2D eigenvalue weighted by Gasteiger charge is -2.01. The molecule has 0 saturated heterocycles. The Bertz CT molecular complexity index is 250. The highest BCUT2D eigenvalue weighted by Gasteiger charge is 2.24. The minimum atomic E-state index is -1.32. The van der Waals surface area contributed by atoms with Crippen molar-refractivity contribution in [3.63, 3.8) is 0 Å². The molecule has 10 heavy (non-hydrogen) atoms. The highest BCUT2D eigenvalue weighted by atomic mass is 79.9. The lowest BCUT2D eigenvalue weighted by atomic mass is 10.1. The van der Waals surface area contributed by atoms with Gasteiger partial charge in [-0.2, -0.15) is 4.79 Å². The molecule has 1 unspecified atom stereocenters. The summed E-state index contributed by atoms with van der Waals surface area (Å²) in [5.74, 6) is 0. The molecule has 2 nitrogen and oxygen atoms in total. The first-order valence-corrected chi connectivity index (χ1v) is 3.45. The van der Waals surface area contributed by atoms with Crippen molar-refractivity contribution in [2.75, 3.05) is 0 Å². The number of rotatable bonds is 0. The van der Waals surface area contributed by atoms with Gasteiger partial charge >= 0.3 is 5.71 Å². The SMILES string of the molecule is [N-]=[N+]=C1C=CC=C(Br)C1F. The molecule has 0 aromatic heterocycles. The Morgan fingerprint density at radius 3 is 2.90 bits per heavy atom. The summed E-state index contributed by atoms with van der Waals surface area (Å²) in [6.45, 7) is 0. The van der Waals surface area contributed by atoms with Gasteiger partial charge in [-0.05, 0) is 6.08 Å². The van der Waals surface area contributed by atoms with E-state index in [9.17, 15) is 4.39 Å². The second-order valence-electron chi connectivity index (χ2n) is 1.80. The molecule has 0 N–H and O–H groups in total. The quantitative estimate of drug-likeness (QED) is 0.425. The molecule has 0 saturated carbocycles. The van der Waals surface area contributed by atoms with Crippen LogP contribution in [0.15, 0.2) is 22.7 Å². The first kappa shape index (κ1) is 7.38. The molecule has 1 aliphatic rings. The lowest BCUT2D eigenvalue weighted by molar-refractivity contribution is -0.0108. The minimum absolute atomic E-state index is 0.0226. The van der Waals surface area contributed by atoms with Gasteiger partial charge in [0.15, 0.2) is 0 Å². The van der Waals surface area contributed by atoms with Crippen LogP contribution in [0.4, 0.5) is 4.39 Å². The van der Waals surface area contributed by atoms with Crippen molar-refractivity contribution in [2.24, 2.45) is 0 Å². The zero-order valence-electron chi connectivity index (χ0n) is 4.96. The Hall–Kier alpha value is -0.730. The monoisotopic (exact) mass is 202 g/mol. The summed E-state index contributed by atoms with van der Waals surface area (Å²) in [6, 6.07) is 0. The molecule has 4 heteroatoms. The predicted molar refractivity (Wildman–Crippen MR) is 39.7 cm³/mol. The molecule has 0 fully saturated rings. The van der Waals surface area contributed by atoms with Crippen LogP contribution in [0.5, 0.6) is 0 Å². The van der Waals surface area contributed by atoms with Crippen LogP contribution in [0.2, 0.25) is 0 Å². The van der Waals surface area contributed by atoms with Crippen molar-refractivity contribution in [1.29, 1.82) is 0 Å². The maximum absolute atomic E-state index is 12.8. The number of allylic oxidation sites excluding steroid dienone is 4. The van der Waals surface area contributed by atoms with Crippen molar-refractivity contribution in [3.8, 4) is 0 Å². The molecule has 0 aliphatic heterocycles. The fourth-order valence-electron chi connectivity index (χ4n) is 0.633. The molecule has 0 radical (unpaired) electrons. The standard InChI is InChI=1S/C6H4BrFN2/c7-4-2-1-3-5(10-9)6(4)8/h1-3,6H. The van der Waals surface area contributed by atoms with E-state index in [1.165, 1.54) is 6.08 Å². The molecule has 0 bridgehead atoms. The summed E-state index contributed by atoms with van der Waals surface area (Å²) in [6.07, 6.45) is 3.26. The average Bonchev–Trinajstić information content (AvgIpc) is 1.95. The molecule has 0 aromatic carbocycles. The molecular formula is C6H4BrFN2. The van der Waals surface area contributed by atoms with Crippen LogP contribution in [0.3, 0.4) is 0 Å². The third-order valence-electron chi connectivity index (χ3n) is 1.14. The highest BCUT2D eigenvalue weighted by Crippen LogP contribution is 2.18. The Morgan fingerprint density at radius 1 is 1.70 bits per heavy atom. The van der Waals surface area contributed by atoms with Crippen molar-refractivity contribution >= 4 is 21.6 Å². The maximum Gasteiger partial charge on any atom is 0.330 e. The molecule has 0 spiro atoms. The molecule has 0 aromatic rings. The van der Waals surface area contributed by atoms with Crippen LogP contribution in [0.1, 0.15) is 0 Å². The fraction of sp³-hybridized carbons (Fsp3) is 0.167. The van der Waals surface area contributed by atoms with Gasteiger partial charge in [-0.1, -0.05) is 22.0 Å². The molecule has 1 atom stereocenters. The van der Waals surface area contributed by atoms with Crippen molar-refractivity contribution in [3.05, 3.63) is 28.2 Å². The van der Waals surface area contributed by atoms with Crippen molar-refractivity contribution in [2.45, 2.75) is 6.17 Å². The maximum atomic E-state index is 12.8. The zero-order chi connectivity index (χ0) is 7.56. The number of alkyl halides is 1. The summed E-state index contributed by atoms with van der Waals surface area (Å²) in [5, 5.41) is 0. The smallest absolute Gasteiger partial charge is 0.330 e. The van der Waals surface area contributed by atoms with Crippen molar-refractivity contribution in [1.82, 2.24) is 0 Å². The topological polar surface area (TPSA) is 36.4 Å². The third kappa shape index (κ3) is 1.23. The summed E-state index contributed by atoms with van der Waals surface area (Å²) in [5.41, 5.74) is 8.25. The predicted octanol–water partition coefficient (Wildman–Crippen LogP) is 1.84. The Labute approximate surface area is 65.8 Å². The van der Waals surface area contributed by atoms with Gasteiger partial charge in [0.1, 0.15) is 0 Å². The number of nitrogens with zero attached hydrogens (tertiary/aromatic N) is 2. The van der Waals surface area contributed by atoms with Gasteiger partial charge in [-0.15, -0.1) is 0 Å². The van der Waals surface area contributed by atoms with Gasteiger partial charge in [0, 0.05) is 10.6 Å². The molecule has 1 aliphatic carbocycles. The van der Waals surface area contributed by atoms with E-state index in [0.717, 1.165) is 0 Å². The summed E-state index contributed by atoms with van der Waals surface area (Å²) >= 11 is 2.98. The van der Waals surface area contributed by atoms with Gasteiger partial charge in [0.2, 0.25) is 6.17 Å². The van der Waals surface area contributed by atoms with E-state index in [2.05, 4.69) is 20.7 Å². The Morgan fingerprint density at radius 2 is 2.40 bits per heavy atom. The van der Waals surface area contributed by atoms with Crippen LogP contribution in [-0.2, 0) is 0 Å². The second-order valence-corrected chi connectivity index (χ2v) is 2.71. The highest BCUT2D eigenvalue weighted by molar-refractivity contribution is 9.11. The van der Waals surface area contributed by atoms with Crippen LogP contribution >= 0.6 is 15.9 Å². The third-order valence-corrected chi connectivity index (χ3v) is 1.81. The molecule has 0 heterocycles. The number of hydrogen-bond acceptors (Lipinski definition) is 0. The number of halogens is 2. The summed E-state index contributed by atoms with van der Waals surface area (Å²) < 4.78 is 13.2. The van der Waals surface area contributed by atoms with Crippen LogP contribution in [0.25, 0.3) is 5.53 Å². The van der Waals surface area contributed by atoms with Crippen molar-refractivity contribution < 1.29 is 9.18 Å². The molecular weight excluding hydrogens is 199 g/mol. The normalized spacial score (nSPS) is 24.0. The first-order valence-electron chi connectivity index (χ1n) is 2.65. The van der Waals surface area contributed by atoms with Gasteiger partial charge in [0.25, 0.3) is 0 Å². The van der Waals surface area contributed by atoms with Crippen LogP contribution in [0, 0.1) is 0 Å². The van der Waals surface area contributed by atoms with E-state index >= 15 is 0 Å². The van der Waals surface area contributed by atoms with Gasteiger partial charge in [-0.3, -0.25) is 0 Å². The summed E-state index contributed by atoms with van der Waals surface area (Å²) in [7, 11) is 0. The van der Waals surface area contributed by atoms with E-state index < -0.39 is 6.17 Å². The molecule has 52 valence electrons. The van der Waals surface area contributed by atoms with E-state index in [1.54, 1.807) is 12.2 Å². The van der Waals surface area contributed by atoms with E-state index in [4.69, 9.17) is 5.53 Å². The van der Waals surface area contributed by atoms with Gasteiger partial charge < -0.3 is 5.53 Å².